The molecule has 2 heterocycles. The maximum Gasteiger partial charge on any atom is 0.164 e. The van der Waals surface area contributed by atoms with E-state index in [1.54, 1.807) is 0 Å². The van der Waals surface area contributed by atoms with Crippen LogP contribution >= 0.6 is 0 Å². The maximum absolute atomic E-state index is 6.17. The lowest BCUT2D eigenvalue weighted by Gasteiger charge is -2.31. The molecule has 4 heteroatoms. The fourth-order valence-electron chi connectivity index (χ4n) is 9.23. The molecule has 0 saturated heterocycles. The third-order valence-corrected chi connectivity index (χ3v) is 11.3. The molecule has 240 valence electrons. The van der Waals surface area contributed by atoms with Crippen LogP contribution in [0.2, 0.25) is 0 Å². The zero-order valence-corrected chi connectivity index (χ0v) is 27.8. The van der Waals surface area contributed by atoms with Crippen molar-refractivity contribution in [1.82, 2.24) is 15.0 Å². The topological polar surface area (TPSA) is 51.8 Å². The monoisotopic (exact) mass is 661 g/mol. The van der Waals surface area contributed by atoms with Gasteiger partial charge in [0.05, 0.1) is 5.41 Å². The van der Waals surface area contributed by atoms with Gasteiger partial charge in [-0.3, -0.25) is 0 Å². The van der Waals surface area contributed by atoms with E-state index in [0.717, 1.165) is 38.6 Å². The van der Waals surface area contributed by atoms with E-state index in [1.807, 2.05) is 42.5 Å². The number of furan rings is 1. The van der Waals surface area contributed by atoms with Crippen LogP contribution in [0.3, 0.4) is 0 Å². The van der Waals surface area contributed by atoms with Crippen LogP contribution in [-0.2, 0) is 5.41 Å². The smallest absolute Gasteiger partial charge is 0.164 e. The molecular formula is C48H27N3O. The van der Waals surface area contributed by atoms with Crippen LogP contribution in [-0.4, -0.2) is 15.0 Å². The van der Waals surface area contributed by atoms with Crippen molar-refractivity contribution in [3.05, 3.63) is 186 Å². The van der Waals surface area contributed by atoms with Crippen molar-refractivity contribution in [2.24, 2.45) is 0 Å². The van der Waals surface area contributed by atoms with Crippen LogP contribution in [0.1, 0.15) is 22.3 Å². The Hall–Kier alpha value is -6.91. The van der Waals surface area contributed by atoms with Crippen molar-refractivity contribution in [2.45, 2.75) is 5.41 Å². The van der Waals surface area contributed by atoms with E-state index < -0.39 is 5.41 Å². The minimum Gasteiger partial charge on any atom is -0.456 e. The summed E-state index contributed by atoms with van der Waals surface area (Å²) < 4.78 is 6.17. The summed E-state index contributed by atoms with van der Waals surface area (Å²) in [5.74, 6) is 1.91. The Morgan fingerprint density at radius 3 is 1.79 bits per heavy atom. The summed E-state index contributed by atoms with van der Waals surface area (Å²) in [4.78, 5) is 15.6. The van der Waals surface area contributed by atoms with Gasteiger partial charge in [-0.15, -0.1) is 0 Å². The van der Waals surface area contributed by atoms with E-state index in [-0.39, 0.29) is 0 Å². The molecule has 0 unspecified atom stereocenters. The first kappa shape index (κ1) is 27.9. The summed E-state index contributed by atoms with van der Waals surface area (Å²) in [7, 11) is 0. The summed E-state index contributed by atoms with van der Waals surface area (Å²) in [5, 5.41) is 7.35. The summed E-state index contributed by atoms with van der Waals surface area (Å²) >= 11 is 0. The predicted octanol–water partition coefficient (Wildman–Crippen LogP) is 11.8. The molecule has 52 heavy (non-hydrogen) atoms. The first-order valence-corrected chi connectivity index (χ1v) is 17.7. The van der Waals surface area contributed by atoms with Gasteiger partial charge in [-0.2, -0.15) is 0 Å². The zero-order valence-electron chi connectivity index (χ0n) is 27.8. The third kappa shape index (κ3) is 3.53. The van der Waals surface area contributed by atoms with Crippen molar-refractivity contribution < 1.29 is 4.42 Å². The predicted molar refractivity (Wildman–Crippen MR) is 209 cm³/mol. The van der Waals surface area contributed by atoms with E-state index in [9.17, 15) is 0 Å². The molecule has 2 aromatic heterocycles. The number of benzene rings is 8. The van der Waals surface area contributed by atoms with Gasteiger partial charge in [0, 0.05) is 27.5 Å². The largest absolute Gasteiger partial charge is 0.456 e. The summed E-state index contributed by atoms with van der Waals surface area (Å²) in [5.41, 5.74) is 11.7. The normalized spacial score (nSPS) is 13.5. The second-order valence-corrected chi connectivity index (χ2v) is 13.9. The standard InChI is InChI=1S/C48H27N3O/c1-2-11-30(12-3-1)45-49-46(31-25-26-41-35(27-31)32-15-5-7-22-40(32)52-41)51-47(50-45)34-17-10-21-39-44(34)33-16-4-6-18-36(33)48(39)37-19-8-13-28-23-24-29-14-9-20-38(48)43(29)42(28)37/h1-27H. The van der Waals surface area contributed by atoms with Crippen molar-refractivity contribution >= 4 is 43.5 Å². The minimum absolute atomic E-state index is 0.462. The fraction of sp³-hybridized carbons (Fsp3) is 0.0208. The van der Waals surface area contributed by atoms with E-state index in [1.165, 1.54) is 54.9 Å². The third-order valence-electron chi connectivity index (χ3n) is 11.3. The van der Waals surface area contributed by atoms with Crippen molar-refractivity contribution in [3.63, 3.8) is 0 Å². The Morgan fingerprint density at radius 2 is 0.981 bits per heavy atom. The number of para-hydroxylation sites is 1. The van der Waals surface area contributed by atoms with Gasteiger partial charge in [-0.25, -0.2) is 15.0 Å². The molecule has 1 spiro atoms. The number of rotatable bonds is 3. The SMILES string of the molecule is c1ccc(-c2nc(-c3ccc4oc5ccccc5c4c3)nc(-c3cccc4c3-c3ccccc3C43c4cccc5ccc6cccc3c6c45)n2)cc1. The Balaban J connectivity index is 1.15. The van der Waals surface area contributed by atoms with Gasteiger partial charge in [-0.1, -0.05) is 140 Å². The number of hydrogen-bond acceptors (Lipinski definition) is 4. The lowest BCUT2D eigenvalue weighted by molar-refractivity contribution is 0.669. The summed E-state index contributed by atoms with van der Waals surface area (Å²) in [6, 6.07) is 58.3. The highest BCUT2D eigenvalue weighted by Gasteiger charge is 2.51. The van der Waals surface area contributed by atoms with Crippen LogP contribution in [0, 0.1) is 0 Å². The number of hydrogen-bond donors (Lipinski definition) is 0. The summed E-state index contributed by atoms with van der Waals surface area (Å²) in [6.45, 7) is 0. The highest BCUT2D eigenvalue weighted by molar-refractivity contribution is 6.17. The molecule has 0 atom stereocenters. The van der Waals surface area contributed by atoms with E-state index in [0.29, 0.717) is 17.5 Å². The molecule has 2 aliphatic carbocycles. The van der Waals surface area contributed by atoms with Crippen LogP contribution in [0.25, 0.3) is 88.8 Å². The molecule has 0 amide bonds. The van der Waals surface area contributed by atoms with Gasteiger partial charge in [0.2, 0.25) is 0 Å². The van der Waals surface area contributed by atoms with Crippen LogP contribution in [0.15, 0.2) is 168 Å². The lowest BCUT2D eigenvalue weighted by Crippen LogP contribution is -2.26. The number of nitrogens with zero attached hydrogens (tertiary/aromatic N) is 3. The van der Waals surface area contributed by atoms with Gasteiger partial charge >= 0.3 is 0 Å². The highest BCUT2D eigenvalue weighted by Crippen LogP contribution is 2.63. The molecule has 0 N–H and O–H groups in total. The number of fused-ring (bicyclic) bond motifs is 10. The average Bonchev–Trinajstić information content (AvgIpc) is 3.85. The Morgan fingerprint density at radius 1 is 0.385 bits per heavy atom. The molecule has 0 fully saturated rings. The molecule has 4 nitrogen and oxygen atoms in total. The van der Waals surface area contributed by atoms with Gasteiger partial charge in [0.1, 0.15) is 11.2 Å². The molecule has 2 aliphatic rings. The van der Waals surface area contributed by atoms with E-state index in [2.05, 4.69) is 121 Å². The van der Waals surface area contributed by atoms with Gasteiger partial charge < -0.3 is 4.42 Å². The van der Waals surface area contributed by atoms with Gasteiger partial charge in [0.25, 0.3) is 0 Å². The van der Waals surface area contributed by atoms with Crippen LogP contribution in [0.4, 0.5) is 0 Å². The average molecular weight is 662 g/mol. The molecule has 12 rings (SSSR count). The van der Waals surface area contributed by atoms with Crippen LogP contribution < -0.4 is 0 Å². The second-order valence-electron chi connectivity index (χ2n) is 13.9. The molecule has 10 aromatic rings. The van der Waals surface area contributed by atoms with E-state index in [4.69, 9.17) is 19.4 Å². The zero-order chi connectivity index (χ0) is 34.0. The Bertz CT molecular complexity index is 3080. The first-order valence-electron chi connectivity index (χ1n) is 17.7. The molecule has 0 saturated carbocycles. The molecule has 0 radical (unpaired) electrons. The number of aromatic nitrogens is 3. The molecule has 8 aromatic carbocycles. The molecule has 0 aliphatic heterocycles. The highest BCUT2D eigenvalue weighted by atomic mass is 16.3. The lowest BCUT2D eigenvalue weighted by atomic mass is 9.70. The van der Waals surface area contributed by atoms with Crippen molar-refractivity contribution in [3.8, 4) is 45.3 Å². The quantitative estimate of drug-likeness (QED) is 0.177. The molecular weight excluding hydrogens is 635 g/mol. The Labute approximate surface area is 298 Å². The fourth-order valence-corrected chi connectivity index (χ4v) is 9.23. The van der Waals surface area contributed by atoms with E-state index >= 15 is 0 Å². The second kappa shape index (κ2) is 10.1. The van der Waals surface area contributed by atoms with Crippen LogP contribution in [0.5, 0.6) is 0 Å². The first-order chi connectivity index (χ1) is 25.8. The van der Waals surface area contributed by atoms with Crippen molar-refractivity contribution in [1.29, 1.82) is 0 Å². The Kier molecular flexibility index (Phi) is 5.40. The maximum atomic E-state index is 6.17. The van der Waals surface area contributed by atoms with Gasteiger partial charge in [0.15, 0.2) is 17.5 Å². The summed E-state index contributed by atoms with van der Waals surface area (Å²) in [6.07, 6.45) is 0. The minimum atomic E-state index is -0.462. The van der Waals surface area contributed by atoms with Crippen molar-refractivity contribution in [2.75, 3.05) is 0 Å². The van der Waals surface area contributed by atoms with Gasteiger partial charge in [-0.05, 0) is 79.2 Å². The molecule has 0 bridgehead atoms.